The van der Waals surface area contributed by atoms with E-state index >= 15 is 0 Å². The van der Waals surface area contributed by atoms with Crippen molar-refractivity contribution < 1.29 is 19.1 Å². The van der Waals surface area contributed by atoms with Gasteiger partial charge in [-0.3, -0.25) is 0 Å². The lowest BCUT2D eigenvalue weighted by Crippen LogP contribution is -2.09. The monoisotopic (exact) mass is 250 g/mol. The number of benzene rings is 1. The molecule has 0 fully saturated rings. The second-order valence-electron chi connectivity index (χ2n) is 3.68. The average Bonchev–Trinajstić information content (AvgIpc) is 2.37. The molecule has 0 spiro atoms. The first-order valence-corrected chi connectivity index (χ1v) is 6.09. The molecular formula is C14H18O4. The van der Waals surface area contributed by atoms with Crippen molar-refractivity contribution in [2.45, 2.75) is 26.7 Å². The highest BCUT2D eigenvalue weighted by atomic mass is 16.5. The van der Waals surface area contributed by atoms with Crippen molar-refractivity contribution in [3.63, 3.8) is 0 Å². The molecule has 1 rings (SSSR count). The van der Waals surface area contributed by atoms with E-state index in [9.17, 15) is 9.59 Å². The summed E-state index contributed by atoms with van der Waals surface area (Å²) in [6.45, 7) is 4.55. The minimum absolute atomic E-state index is 0.333. The molecule has 0 saturated carbocycles. The first-order chi connectivity index (χ1) is 8.72. The fourth-order valence-electron chi connectivity index (χ4n) is 1.66. The highest BCUT2D eigenvalue weighted by molar-refractivity contribution is 5.91. The Hall–Kier alpha value is -1.84. The van der Waals surface area contributed by atoms with E-state index in [0.717, 1.165) is 11.8 Å². The lowest BCUT2D eigenvalue weighted by molar-refractivity contribution is -0.107. The van der Waals surface area contributed by atoms with Gasteiger partial charge in [0, 0.05) is 6.42 Å². The van der Waals surface area contributed by atoms with E-state index in [2.05, 4.69) is 0 Å². The Labute approximate surface area is 107 Å². The smallest absolute Gasteiger partial charge is 0.338 e. The summed E-state index contributed by atoms with van der Waals surface area (Å²) in [5, 5.41) is 0. The fourth-order valence-corrected chi connectivity index (χ4v) is 1.66. The van der Waals surface area contributed by atoms with Crippen LogP contribution >= 0.6 is 0 Å². The molecule has 98 valence electrons. The predicted molar refractivity (Wildman–Crippen MR) is 68.0 cm³/mol. The normalized spacial score (nSPS) is 9.89. The molecule has 18 heavy (non-hydrogen) atoms. The van der Waals surface area contributed by atoms with Gasteiger partial charge in [0.15, 0.2) is 0 Å². The largest absolute Gasteiger partial charge is 0.494 e. The van der Waals surface area contributed by atoms with Crippen LogP contribution in [0.4, 0.5) is 0 Å². The van der Waals surface area contributed by atoms with Crippen molar-refractivity contribution in [1.82, 2.24) is 0 Å². The highest BCUT2D eigenvalue weighted by Gasteiger charge is 2.13. The maximum absolute atomic E-state index is 11.7. The molecular weight excluding hydrogens is 232 g/mol. The summed E-state index contributed by atoms with van der Waals surface area (Å²) in [5.41, 5.74) is 1.29. The molecule has 0 heterocycles. The van der Waals surface area contributed by atoms with Crippen LogP contribution in [0.3, 0.4) is 0 Å². The van der Waals surface area contributed by atoms with Gasteiger partial charge in [0.05, 0.1) is 18.8 Å². The molecule has 0 amide bonds. The van der Waals surface area contributed by atoms with E-state index in [1.165, 1.54) is 0 Å². The van der Waals surface area contributed by atoms with Gasteiger partial charge in [-0.1, -0.05) is 0 Å². The Morgan fingerprint density at radius 2 is 2.06 bits per heavy atom. The minimum atomic E-state index is -0.360. The number of carbonyl (C=O) groups excluding carboxylic acids is 2. The van der Waals surface area contributed by atoms with Crippen molar-refractivity contribution >= 4 is 12.3 Å². The van der Waals surface area contributed by atoms with Gasteiger partial charge >= 0.3 is 5.97 Å². The van der Waals surface area contributed by atoms with Gasteiger partial charge in [0.25, 0.3) is 0 Å². The van der Waals surface area contributed by atoms with Gasteiger partial charge in [-0.2, -0.15) is 0 Å². The van der Waals surface area contributed by atoms with Gasteiger partial charge < -0.3 is 14.3 Å². The van der Waals surface area contributed by atoms with E-state index in [1.54, 1.807) is 25.1 Å². The number of esters is 1. The Morgan fingerprint density at radius 1 is 1.28 bits per heavy atom. The number of hydrogen-bond donors (Lipinski definition) is 0. The van der Waals surface area contributed by atoms with Crippen LogP contribution < -0.4 is 4.74 Å². The van der Waals surface area contributed by atoms with E-state index in [4.69, 9.17) is 9.47 Å². The number of carbonyl (C=O) groups is 2. The zero-order chi connectivity index (χ0) is 13.4. The molecule has 0 aliphatic rings. The summed E-state index contributed by atoms with van der Waals surface area (Å²) in [6, 6.07) is 5.21. The Bertz CT molecular complexity index is 412. The highest BCUT2D eigenvalue weighted by Crippen LogP contribution is 2.20. The van der Waals surface area contributed by atoms with Gasteiger partial charge in [-0.05, 0) is 44.0 Å². The van der Waals surface area contributed by atoms with Crippen LogP contribution in [-0.4, -0.2) is 25.5 Å². The second kappa shape index (κ2) is 7.48. The summed E-state index contributed by atoms with van der Waals surface area (Å²) in [5.74, 6) is 0.341. The maximum Gasteiger partial charge on any atom is 0.338 e. The lowest BCUT2D eigenvalue weighted by atomic mass is 10.0. The van der Waals surface area contributed by atoms with Crippen LogP contribution in [0.1, 0.15) is 36.2 Å². The number of aldehydes is 1. The predicted octanol–water partition coefficient (Wildman–Crippen LogP) is 2.39. The second-order valence-corrected chi connectivity index (χ2v) is 3.68. The van der Waals surface area contributed by atoms with Gasteiger partial charge in [0.2, 0.25) is 0 Å². The standard InChI is InChI=1S/C14H18O4/c1-3-17-12-7-8-13(14(16)18-4-2)11(10-12)6-5-9-15/h7-10H,3-6H2,1-2H3. The van der Waals surface area contributed by atoms with Gasteiger partial charge in [-0.25, -0.2) is 4.79 Å². The Morgan fingerprint density at radius 3 is 2.67 bits per heavy atom. The summed E-state index contributed by atoms with van der Waals surface area (Å²) >= 11 is 0. The van der Waals surface area contributed by atoms with Crippen molar-refractivity contribution in [2.75, 3.05) is 13.2 Å². The first kappa shape index (κ1) is 14.2. The summed E-state index contributed by atoms with van der Waals surface area (Å²) in [4.78, 5) is 22.2. The quantitative estimate of drug-likeness (QED) is 0.550. The average molecular weight is 250 g/mol. The van der Waals surface area contributed by atoms with Gasteiger partial charge in [-0.15, -0.1) is 0 Å². The van der Waals surface area contributed by atoms with Crippen molar-refractivity contribution in [1.29, 1.82) is 0 Å². The van der Waals surface area contributed by atoms with Crippen LogP contribution in [0.2, 0.25) is 0 Å². The van der Waals surface area contributed by atoms with Crippen molar-refractivity contribution in [2.24, 2.45) is 0 Å². The topological polar surface area (TPSA) is 52.6 Å². The molecule has 0 aromatic heterocycles. The molecule has 1 aromatic rings. The van der Waals surface area contributed by atoms with Crippen LogP contribution in [0.5, 0.6) is 5.75 Å². The van der Waals surface area contributed by atoms with Crippen LogP contribution in [0, 0.1) is 0 Å². The van der Waals surface area contributed by atoms with Crippen LogP contribution in [0.15, 0.2) is 18.2 Å². The molecule has 1 aromatic carbocycles. The molecule has 0 aliphatic carbocycles. The third-order valence-corrected chi connectivity index (χ3v) is 2.41. The third-order valence-electron chi connectivity index (χ3n) is 2.41. The van der Waals surface area contributed by atoms with E-state index in [0.29, 0.717) is 37.4 Å². The SMILES string of the molecule is CCOC(=O)c1ccc(OCC)cc1CCC=O. The van der Waals surface area contributed by atoms with Crippen molar-refractivity contribution in [3.8, 4) is 5.75 Å². The first-order valence-electron chi connectivity index (χ1n) is 6.09. The summed E-state index contributed by atoms with van der Waals surface area (Å²) in [7, 11) is 0. The van der Waals surface area contributed by atoms with Crippen molar-refractivity contribution in [3.05, 3.63) is 29.3 Å². The number of aryl methyl sites for hydroxylation is 1. The zero-order valence-electron chi connectivity index (χ0n) is 10.8. The molecule has 0 bridgehead atoms. The molecule has 0 atom stereocenters. The van der Waals surface area contributed by atoms with Gasteiger partial charge in [0.1, 0.15) is 12.0 Å². The van der Waals surface area contributed by atoms with E-state index < -0.39 is 0 Å². The minimum Gasteiger partial charge on any atom is -0.494 e. The number of ether oxygens (including phenoxy) is 2. The van der Waals surface area contributed by atoms with E-state index in [1.807, 2.05) is 6.92 Å². The molecule has 0 unspecified atom stereocenters. The third kappa shape index (κ3) is 3.87. The molecule has 0 aliphatic heterocycles. The fraction of sp³-hybridized carbons (Fsp3) is 0.429. The molecule has 0 N–H and O–H groups in total. The Kier molecular flexibility index (Phi) is 5.91. The Balaban J connectivity index is 2.99. The molecule has 4 nitrogen and oxygen atoms in total. The van der Waals surface area contributed by atoms with E-state index in [-0.39, 0.29) is 5.97 Å². The molecule has 0 radical (unpaired) electrons. The lowest BCUT2D eigenvalue weighted by Gasteiger charge is -2.10. The number of hydrogen-bond acceptors (Lipinski definition) is 4. The zero-order valence-corrected chi connectivity index (χ0v) is 10.8. The van der Waals surface area contributed by atoms with Crippen LogP contribution in [-0.2, 0) is 16.0 Å². The summed E-state index contributed by atoms with van der Waals surface area (Å²) in [6.07, 6.45) is 1.73. The molecule has 4 heteroatoms. The number of rotatable bonds is 7. The van der Waals surface area contributed by atoms with Crippen LogP contribution in [0.25, 0.3) is 0 Å². The summed E-state index contributed by atoms with van der Waals surface area (Å²) < 4.78 is 10.4. The molecule has 0 saturated heterocycles. The maximum atomic E-state index is 11.7.